The van der Waals surface area contributed by atoms with Crippen LogP contribution in [0.2, 0.25) is 0 Å². The number of nitrogens with zero attached hydrogens (tertiary/aromatic N) is 3. The molecule has 1 aromatic carbocycles. The standard InChI is InChI=1S/C16H20N4OS/c21-16-17-7-9-20(16)12-4-3-8-19(10-12)11-15-18-13-5-1-2-6-14(13)22-15/h1-2,5-6,12H,3-4,7-11H2,(H,17,21). The first-order chi connectivity index (χ1) is 10.8. The van der Waals surface area contributed by atoms with E-state index in [-0.39, 0.29) is 6.03 Å². The van der Waals surface area contributed by atoms with Gasteiger partial charge in [-0.2, -0.15) is 0 Å². The van der Waals surface area contributed by atoms with Crippen molar-refractivity contribution in [3.63, 3.8) is 0 Å². The van der Waals surface area contributed by atoms with Gasteiger partial charge >= 0.3 is 6.03 Å². The third-order valence-corrected chi connectivity index (χ3v) is 5.53. The van der Waals surface area contributed by atoms with E-state index in [0.29, 0.717) is 6.04 Å². The molecule has 0 bridgehead atoms. The van der Waals surface area contributed by atoms with Gasteiger partial charge in [-0.25, -0.2) is 9.78 Å². The third kappa shape index (κ3) is 2.68. The first-order valence-corrected chi connectivity index (χ1v) is 8.72. The van der Waals surface area contributed by atoms with E-state index in [1.54, 1.807) is 11.3 Å². The fourth-order valence-electron chi connectivity index (χ4n) is 3.44. The van der Waals surface area contributed by atoms with Crippen LogP contribution in [0.25, 0.3) is 10.2 Å². The van der Waals surface area contributed by atoms with Crippen molar-refractivity contribution in [3.8, 4) is 0 Å². The molecule has 2 fully saturated rings. The topological polar surface area (TPSA) is 48.5 Å². The van der Waals surface area contributed by atoms with Gasteiger partial charge < -0.3 is 10.2 Å². The molecule has 5 nitrogen and oxygen atoms in total. The summed E-state index contributed by atoms with van der Waals surface area (Å²) in [5, 5.41) is 4.08. The average Bonchev–Trinajstić information content (AvgIpc) is 3.12. The molecule has 1 aromatic heterocycles. The van der Waals surface area contributed by atoms with Gasteiger partial charge in [0.1, 0.15) is 5.01 Å². The quantitative estimate of drug-likeness (QED) is 0.945. The van der Waals surface area contributed by atoms with Gasteiger partial charge in [-0.3, -0.25) is 4.90 Å². The highest BCUT2D eigenvalue weighted by Gasteiger charge is 2.31. The molecule has 4 rings (SSSR count). The van der Waals surface area contributed by atoms with Gasteiger partial charge in [0.05, 0.1) is 16.8 Å². The highest BCUT2D eigenvalue weighted by atomic mass is 32.1. The number of hydrogen-bond donors (Lipinski definition) is 1. The molecule has 2 aliphatic rings. The zero-order valence-corrected chi connectivity index (χ0v) is 13.3. The molecule has 22 heavy (non-hydrogen) atoms. The second kappa shape index (κ2) is 5.85. The highest BCUT2D eigenvalue weighted by Crippen LogP contribution is 2.25. The zero-order valence-electron chi connectivity index (χ0n) is 12.5. The van der Waals surface area contributed by atoms with Gasteiger partial charge in [-0.15, -0.1) is 11.3 Å². The van der Waals surface area contributed by atoms with Crippen molar-refractivity contribution in [2.24, 2.45) is 0 Å². The van der Waals surface area contributed by atoms with Gasteiger partial charge in [-0.05, 0) is 31.5 Å². The van der Waals surface area contributed by atoms with Crippen molar-refractivity contribution in [2.45, 2.75) is 25.4 Å². The van der Waals surface area contributed by atoms with E-state index in [1.165, 1.54) is 9.71 Å². The number of aromatic nitrogens is 1. The molecule has 6 heteroatoms. The Hall–Kier alpha value is -1.66. The summed E-state index contributed by atoms with van der Waals surface area (Å²) in [5.74, 6) is 0. The predicted molar refractivity (Wildman–Crippen MR) is 88.0 cm³/mol. The molecule has 0 saturated carbocycles. The molecule has 1 N–H and O–H groups in total. The smallest absolute Gasteiger partial charge is 0.317 e. The molecule has 1 unspecified atom stereocenters. The molecule has 116 valence electrons. The molecule has 0 spiro atoms. The Balaban J connectivity index is 1.45. The number of hydrogen-bond acceptors (Lipinski definition) is 4. The lowest BCUT2D eigenvalue weighted by Gasteiger charge is -2.36. The maximum absolute atomic E-state index is 11.8. The number of carbonyl (C=O) groups is 1. The number of thiazole rings is 1. The summed E-state index contributed by atoms with van der Waals surface area (Å²) in [7, 11) is 0. The molecule has 0 aliphatic carbocycles. The Labute approximate surface area is 133 Å². The maximum atomic E-state index is 11.8. The zero-order chi connectivity index (χ0) is 14.9. The minimum Gasteiger partial charge on any atom is -0.336 e. The van der Waals surface area contributed by atoms with E-state index < -0.39 is 0 Å². The monoisotopic (exact) mass is 316 g/mol. The van der Waals surface area contributed by atoms with Crippen LogP contribution < -0.4 is 5.32 Å². The number of benzene rings is 1. The number of piperidine rings is 1. The van der Waals surface area contributed by atoms with Crippen molar-refractivity contribution in [1.82, 2.24) is 20.1 Å². The van der Waals surface area contributed by atoms with Crippen molar-refractivity contribution >= 4 is 27.6 Å². The lowest BCUT2D eigenvalue weighted by Crippen LogP contribution is -2.48. The summed E-state index contributed by atoms with van der Waals surface area (Å²) >= 11 is 1.78. The van der Waals surface area contributed by atoms with Gasteiger partial charge in [0.15, 0.2) is 0 Å². The number of likely N-dealkylation sites (tertiary alicyclic amines) is 1. The Kier molecular flexibility index (Phi) is 3.72. The minimum atomic E-state index is 0.104. The molecule has 2 aliphatic heterocycles. The second-order valence-electron chi connectivity index (χ2n) is 6.03. The van der Waals surface area contributed by atoms with Gasteiger partial charge in [0.2, 0.25) is 0 Å². The van der Waals surface area contributed by atoms with Crippen LogP contribution in [0.1, 0.15) is 17.8 Å². The Morgan fingerprint density at radius 2 is 2.23 bits per heavy atom. The van der Waals surface area contributed by atoms with Crippen LogP contribution in [-0.4, -0.2) is 53.0 Å². The summed E-state index contributed by atoms with van der Waals surface area (Å²) in [6, 6.07) is 8.76. The molecule has 2 amide bonds. The van der Waals surface area contributed by atoms with Crippen molar-refractivity contribution < 1.29 is 4.79 Å². The summed E-state index contributed by atoms with van der Waals surface area (Å²) in [5.41, 5.74) is 1.09. The lowest BCUT2D eigenvalue weighted by atomic mass is 10.0. The predicted octanol–water partition coefficient (Wildman–Crippen LogP) is 2.29. The molecule has 3 heterocycles. The minimum absolute atomic E-state index is 0.104. The van der Waals surface area contributed by atoms with Crippen LogP contribution in [-0.2, 0) is 6.54 Å². The van der Waals surface area contributed by atoms with Crippen LogP contribution in [0.4, 0.5) is 4.79 Å². The normalized spacial score (nSPS) is 23.2. The van der Waals surface area contributed by atoms with Crippen LogP contribution in [0.5, 0.6) is 0 Å². The van der Waals surface area contributed by atoms with Crippen LogP contribution in [0.15, 0.2) is 24.3 Å². The number of rotatable bonds is 3. The lowest BCUT2D eigenvalue weighted by molar-refractivity contribution is 0.122. The van der Waals surface area contributed by atoms with Crippen molar-refractivity contribution in [2.75, 3.05) is 26.2 Å². The number of fused-ring (bicyclic) bond motifs is 1. The number of para-hydroxylation sites is 1. The van der Waals surface area contributed by atoms with Gasteiger partial charge in [0.25, 0.3) is 0 Å². The number of amides is 2. The fourth-order valence-corrected chi connectivity index (χ4v) is 4.45. The van der Waals surface area contributed by atoms with E-state index in [2.05, 4.69) is 28.4 Å². The average molecular weight is 316 g/mol. The van der Waals surface area contributed by atoms with Crippen LogP contribution in [0.3, 0.4) is 0 Å². The third-order valence-electron chi connectivity index (χ3n) is 4.51. The van der Waals surface area contributed by atoms with E-state index in [1.807, 2.05) is 11.0 Å². The highest BCUT2D eigenvalue weighted by molar-refractivity contribution is 7.18. The van der Waals surface area contributed by atoms with Gasteiger partial charge in [0, 0.05) is 25.7 Å². The second-order valence-corrected chi connectivity index (χ2v) is 7.15. The van der Waals surface area contributed by atoms with Crippen molar-refractivity contribution in [1.29, 1.82) is 0 Å². The van der Waals surface area contributed by atoms with Gasteiger partial charge in [-0.1, -0.05) is 12.1 Å². The largest absolute Gasteiger partial charge is 0.336 e. The first-order valence-electron chi connectivity index (χ1n) is 7.91. The maximum Gasteiger partial charge on any atom is 0.317 e. The number of nitrogens with one attached hydrogen (secondary N) is 1. The summed E-state index contributed by atoms with van der Waals surface area (Å²) in [6.45, 7) is 4.59. The number of urea groups is 1. The molecular weight excluding hydrogens is 296 g/mol. The van der Waals surface area contributed by atoms with E-state index in [4.69, 9.17) is 4.98 Å². The molecule has 2 aromatic rings. The van der Waals surface area contributed by atoms with E-state index >= 15 is 0 Å². The van der Waals surface area contributed by atoms with Crippen LogP contribution >= 0.6 is 11.3 Å². The Bertz CT molecular complexity index is 653. The van der Waals surface area contributed by atoms with Crippen LogP contribution in [0, 0.1) is 0 Å². The number of carbonyl (C=O) groups excluding carboxylic acids is 1. The Morgan fingerprint density at radius 3 is 3.05 bits per heavy atom. The van der Waals surface area contributed by atoms with E-state index in [0.717, 1.165) is 51.1 Å². The van der Waals surface area contributed by atoms with E-state index in [9.17, 15) is 4.79 Å². The molecule has 1 atom stereocenters. The molecular formula is C16H20N4OS. The summed E-state index contributed by atoms with van der Waals surface area (Å²) in [6.07, 6.45) is 2.27. The molecule has 2 saturated heterocycles. The first kappa shape index (κ1) is 14.0. The molecule has 0 radical (unpaired) electrons. The Morgan fingerprint density at radius 1 is 1.32 bits per heavy atom. The summed E-state index contributed by atoms with van der Waals surface area (Å²) < 4.78 is 1.25. The fraction of sp³-hybridized carbons (Fsp3) is 0.500. The van der Waals surface area contributed by atoms with Crippen molar-refractivity contribution in [3.05, 3.63) is 29.3 Å². The SMILES string of the molecule is O=C1NCCN1C1CCCN(Cc2nc3ccccc3s2)C1. The summed E-state index contributed by atoms with van der Waals surface area (Å²) in [4.78, 5) is 21.0.